The molecular weight excluding hydrogens is 282 g/mol. The van der Waals surface area contributed by atoms with Gasteiger partial charge in [0.15, 0.2) is 11.6 Å². The summed E-state index contributed by atoms with van der Waals surface area (Å²) < 4.78 is 39.0. The number of nitrogens with two attached hydrogens (primary N) is 1. The zero-order valence-electron chi connectivity index (χ0n) is 8.33. The number of benzene rings is 1. The molecule has 4 N–H and O–H groups in total. The van der Waals surface area contributed by atoms with Gasteiger partial charge in [-0.05, 0) is 12.1 Å². The molecule has 0 aliphatic carbocycles. The Kier molecular flexibility index (Phi) is 5.54. The van der Waals surface area contributed by atoms with Gasteiger partial charge in [0, 0.05) is 10.6 Å². The number of halogens is 5. The monoisotopic (exact) mass is 291 g/mol. The van der Waals surface area contributed by atoms with E-state index >= 15 is 0 Å². The van der Waals surface area contributed by atoms with Crippen LogP contribution in [0.2, 0.25) is 5.02 Å². The average molecular weight is 292 g/mol. The minimum Gasteiger partial charge on any atom is -0.505 e. The summed E-state index contributed by atoms with van der Waals surface area (Å²) in [6.45, 7) is -1.51. The minimum atomic E-state index is -3.67. The number of aromatic hydroxyl groups is 1. The predicted molar refractivity (Wildman–Crippen MR) is 59.3 cm³/mol. The third-order valence-corrected chi connectivity index (χ3v) is 2.28. The molecule has 0 saturated heterocycles. The van der Waals surface area contributed by atoms with Crippen LogP contribution in [0.1, 0.15) is 11.6 Å². The Morgan fingerprint density at radius 3 is 2.41 bits per heavy atom. The van der Waals surface area contributed by atoms with Gasteiger partial charge in [-0.1, -0.05) is 11.6 Å². The molecule has 0 amide bonds. The molecule has 0 aromatic heterocycles. The largest absolute Gasteiger partial charge is 0.505 e. The number of rotatable bonds is 3. The van der Waals surface area contributed by atoms with Crippen molar-refractivity contribution in [2.75, 3.05) is 6.61 Å². The van der Waals surface area contributed by atoms with E-state index in [0.29, 0.717) is 0 Å². The zero-order valence-corrected chi connectivity index (χ0v) is 9.90. The SMILES string of the molecule is Cl.N[C@H](c1cc(Cl)cc(F)c1O)C(F)(F)CO. The van der Waals surface area contributed by atoms with Gasteiger partial charge < -0.3 is 15.9 Å². The second-order valence-electron chi connectivity index (χ2n) is 3.22. The fraction of sp³-hybridized carbons (Fsp3) is 0.333. The van der Waals surface area contributed by atoms with Gasteiger partial charge in [0.1, 0.15) is 12.6 Å². The second kappa shape index (κ2) is 5.77. The molecule has 0 aliphatic heterocycles. The van der Waals surface area contributed by atoms with Crippen molar-refractivity contribution in [3.8, 4) is 5.75 Å². The van der Waals surface area contributed by atoms with Crippen LogP contribution in [0.15, 0.2) is 12.1 Å². The van der Waals surface area contributed by atoms with E-state index in [9.17, 15) is 18.3 Å². The maximum absolute atomic E-state index is 13.0. The summed E-state index contributed by atoms with van der Waals surface area (Å²) in [4.78, 5) is 0. The highest BCUT2D eigenvalue weighted by molar-refractivity contribution is 6.30. The Morgan fingerprint density at radius 1 is 1.41 bits per heavy atom. The standard InChI is InChI=1S/C9H9ClF3NO2.ClH/c10-4-1-5(7(16)6(11)2-4)8(14)9(12,13)3-15;/h1-2,8,15-16H,3,14H2;1H/t8-;/m1./s1. The molecule has 0 unspecified atom stereocenters. The van der Waals surface area contributed by atoms with Crippen LogP contribution in [-0.2, 0) is 0 Å². The lowest BCUT2D eigenvalue weighted by atomic mass is 10.0. The number of aliphatic hydroxyl groups excluding tert-OH is 1. The van der Waals surface area contributed by atoms with Crippen molar-refractivity contribution >= 4 is 24.0 Å². The maximum atomic E-state index is 13.0. The highest BCUT2D eigenvalue weighted by atomic mass is 35.5. The number of phenolic OH excluding ortho intramolecular Hbond substituents is 1. The van der Waals surface area contributed by atoms with Crippen molar-refractivity contribution in [3.05, 3.63) is 28.5 Å². The predicted octanol–water partition coefficient (Wildman–Crippen LogP) is 2.23. The molecule has 0 saturated carbocycles. The topological polar surface area (TPSA) is 66.5 Å². The number of alkyl halides is 2. The zero-order chi connectivity index (χ0) is 12.5. The van der Waals surface area contributed by atoms with E-state index in [2.05, 4.69) is 0 Å². The lowest BCUT2D eigenvalue weighted by Gasteiger charge is -2.22. The quantitative estimate of drug-likeness (QED) is 0.800. The van der Waals surface area contributed by atoms with Crippen LogP contribution in [0.5, 0.6) is 5.75 Å². The first-order chi connectivity index (χ1) is 7.29. The molecule has 3 nitrogen and oxygen atoms in total. The third-order valence-electron chi connectivity index (χ3n) is 2.06. The Labute approximate surface area is 106 Å². The van der Waals surface area contributed by atoms with Crippen molar-refractivity contribution in [1.82, 2.24) is 0 Å². The lowest BCUT2D eigenvalue weighted by molar-refractivity contribution is -0.0716. The van der Waals surface area contributed by atoms with E-state index in [1.54, 1.807) is 0 Å². The molecule has 98 valence electrons. The van der Waals surface area contributed by atoms with E-state index in [1.807, 2.05) is 0 Å². The molecule has 0 spiro atoms. The van der Waals surface area contributed by atoms with Gasteiger partial charge in [0.2, 0.25) is 0 Å². The molecular formula is C9H10Cl2F3NO2. The van der Waals surface area contributed by atoms with Crippen molar-refractivity contribution < 1.29 is 23.4 Å². The molecule has 0 radical (unpaired) electrons. The highest BCUT2D eigenvalue weighted by Gasteiger charge is 2.39. The smallest absolute Gasteiger partial charge is 0.289 e. The number of hydrogen-bond donors (Lipinski definition) is 3. The van der Waals surface area contributed by atoms with Crippen LogP contribution >= 0.6 is 24.0 Å². The van der Waals surface area contributed by atoms with E-state index < -0.39 is 35.7 Å². The van der Waals surface area contributed by atoms with Crippen LogP contribution in [0.4, 0.5) is 13.2 Å². The Morgan fingerprint density at radius 2 is 1.94 bits per heavy atom. The number of phenols is 1. The summed E-state index contributed by atoms with van der Waals surface area (Å²) >= 11 is 5.45. The molecule has 17 heavy (non-hydrogen) atoms. The Hall–Kier alpha value is -0.690. The fourth-order valence-electron chi connectivity index (χ4n) is 1.15. The van der Waals surface area contributed by atoms with E-state index in [-0.39, 0.29) is 17.4 Å². The van der Waals surface area contributed by atoms with Gasteiger partial charge in [0.25, 0.3) is 5.92 Å². The summed E-state index contributed by atoms with van der Waals surface area (Å²) in [5.41, 5.74) is 4.57. The summed E-state index contributed by atoms with van der Waals surface area (Å²) in [5.74, 6) is -5.81. The van der Waals surface area contributed by atoms with Crippen LogP contribution < -0.4 is 5.73 Å². The summed E-state index contributed by atoms with van der Waals surface area (Å²) in [6, 6.07) is -0.344. The first-order valence-electron chi connectivity index (χ1n) is 4.21. The lowest BCUT2D eigenvalue weighted by Crippen LogP contribution is -2.36. The average Bonchev–Trinajstić information content (AvgIpc) is 2.22. The van der Waals surface area contributed by atoms with Gasteiger partial charge in [-0.3, -0.25) is 0 Å². The summed E-state index contributed by atoms with van der Waals surface area (Å²) in [5, 5.41) is 17.5. The molecule has 1 rings (SSSR count). The molecule has 8 heteroatoms. The minimum absolute atomic E-state index is 0. The summed E-state index contributed by atoms with van der Waals surface area (Å²) in [6.07, 6.45) is 0. The Balaban J connectivity index is 0.00000256. The molecule has 0 fully saturated rings. The van der Waals surface area contributed by atoms with Crippen LogP contribution in [-0.4, -0.2) is 22.7 Å². The van der Waals surface area contributed by atoms with Crippen molar-refractivity contribution in [1.29, 1.82) is 0 Å². The second-order valence-corrected chi connectivity index (χ2v) is 3.66. The van der Waals surface area contributed by atoms with Crippen LogP contribution in [0, 0.1) is 5.82 Å². The first kappa shape index (κ1) is 16.3. The van der Waals surface area contributed by atoms with Crippen LogP contribution in [0.3, 0.4) is 0 Å². The van der Waals surface area contributed by atoms with Gasteiger partial charge in [-0.25, -0.2) is 13.2 Å². The van der Waals surface area contributed by atoms with Gasteiger partial charge in [0.05, 0.1) is 0 Å². The highest BCUT2D eigenvalue weighted by Crippen LogP contribution is 2.36. The molecule has 0 heterocycles. The number of aliphatic hydroxyl groups is 1. The molecule has 1 atom stereocenters. The van der Waals surface area contributed by atoms with Crippen molar-refractivity contribution in [3.63, 3.8) is 0 Å². The van der Waals surface area contributed by atoms with Crippen molar-refractivity contribution in [2.24, 2.45) is 5.73 Å². The normalized spacial score (nSPS) is 13.1. The summed E-state index contributed by atoms with van der Waals surface area (Å²) in [7, 11) is 0. The Bertz CT molecular complexity index is 404. The molecule has 0 bridgehead atoms. The van der Waals surface area contributed by atoms with E-state index in [0.717, 1.165) is 12.1 Å². The van der Waals surface area contributed by atoms with Gasteiger partial charge in [-0.2, -0.15) is 0 Å². The van der Waals surface area contributed by atoms with Gasteiger partial charge >= 0.3 is 0 Å². The van der Waals surface area contributed by atoms with Gasteiger partial charge in [-0.15, -0.1) is 12.4 Å². The third kappa shape index (κ3) is 3.38. The maximum Gasteiger partial charge on any atom is 0.289 e. The molecule has 0 aliphatic rings. The van der Waals surface area contributed by atoms with Crippen molar-refractivity contribution in [2.45, 2.75) is 12.0 Å². The van der Waals surface area contributed by atoms with E-state index in [1.165, 1.54) is 0 Å². The van der Waals surface area contributed by atoms with E-state index in [4.69, 9.17) is 22.4 Å². The molecule has 1 aromatic carbocycles. The molecule has 1 aromatic rings. The van der Waals surface area contributed by atoms with Crippen LogP contribution in [0.25, 0.3) is 0 Å². The first-order valence-corrected chi connectivity index (χ1v) is 4.59. The fourth-order valence-corrected chi connectivity index (χ4v) is 1.36. The number of hydrogen-bond acceptors (Lipinski definition) is 3.